The Hall–Kier alpha value is -4.83. The number of alkyl halides is 3. The number of halogens is 3. The Labute approximate surface area is 231 Å². The molecule has 3 heterocycles. The van der Waals surface area contributed by atoms with Gasteiger partial charge in [-0.1, -0.05) is 6.07 Å². The summed E-state index contributed by atoms with van der Waals surface area (Å²) < 4.78 is 44.9. The van der Waals surface area contributed by atoms with Gasteiger partial charge in [0, 0.05) is 31.5 Å². The molecule has 17 heteroatoms. The number of hydrogen-bond acceptors (Lipinski definition) is 11. The SMILES string of the molecule is C[C@@H](C(=O)OC(C)(C)C)N(C)c1nc(NCc2cnn(Cc3ccc(C(F)(F)F)nc3)c2)nc(C(=O)O)c1[N+](=O)[O-]. The van der Waals surface area contributed by atoms with Gasteiger partial charge in [0.25, 0.3) is 0 Å². The smallest absolute Gasteiger partial charge is 0.433 e. The molecule has 14 nitrogen and oxygen atoms in total. The average Bonchev–Trinajstić information content (AvgIpc) is 3.31. The molecule has 0 aliphatic heterocycles. The number of ether oxygens (including phenoxy) is 1. The van der Waals surface area contributed by atoms with Crippen LogP contribution in [-0.2, 0) is 28.8 Å². The van der Waals surface area contributed by atoms with E-state index >= 15 is 0 Å². The van der Waals surface area contributed by atoms with Crippen LogP contribution in [0.1, 0.15) is 55.0 Å². The molecule has 0 spiro atoms. The highest BCUT2D eigenvalue weighted by molar-refractivity contribution is 5.94. The van der Waals surface area contributed by atoms with Crippen LogP contribution in [0.2, 0.25) is 0 Å². The Morgan fingerprint density at radius 3 is 2.41 bits per heavy atom. The first kappa shape index (κ1) is 30.7. The minimum atomic E-state index is -4.55. The van der Waals surface area contributed by atoms with E-state index in [1.165, 1.54) is 30.9 Å². The van der Waals surface area contributed by atoms with E-state index < -0.39 is 57.6 Å². The number of carboxylic acid groups (broad SMARTS) is 1. The lowest BCUT2D eigenvalue weighted by Gasteiger charge is -2.28. The van der Waals surface area contributed by atoms with Gasteiger partial charge in [0.15, 0.2) is 0 Å². The van der Waals surface area contributed by atoms with Gasteiger partial charge in [0.05, 0.1) is 17.7 Å². The van der Waals surface area contributed by atoms with E-state index in [-0.39, 0.29) is 19.0 Å². The van der Waals surface area contributed by atoms with Crippen molar-refractivity contribution >= 4 is 29.4 Å². The van der Waals surface area contributed by atoms with E-state index in [1.54, 1.807) is 27.0 Å². The minimum absolute atomic E-state index is 0.00685. The number of hydrogen-bond donors (Lipinski definition) is 2. The number of nitro groups is 1. The Kier molecular flexibility index (Phi) is 8.78. The molecule has 220 valence electrons. The van der Waals surface area contributed by atoms with Crippen LogP contribution in [0, 0.1) is 10.1 Å². The number of rotatable bonds is 10. The van der Waals surface area contributed by atoms with Crippen molar-refractivity contribution < 1.29 is 37.5 Å². The summed E-state index contributed by atoms with van der Waals surface area (Å²) in [6, 6.07) is 1.07. The molecule has 0 aliphatic rings. The van der Waals surface area contributed by atoms with Crippen molar-refractivity contribution in [2.75, 3.05) is 17.3 Å². The van der Waals surface area contributed by atoms with E-state index in [2.05, 4.69) is 25.4 Å². The Bertz CT molecular complexity index is 1440. The lowest BCUT2D eigenvalue weighted by Crippen LogP contribution is -2.41. The van der Waals surface area contributed by atoms with E-state index in [4.69, 9.17) is 4.74 Å². The molecule has 2 N–H and O–H groups in total. The first-order valence-corrected chi connectivity index (χ1v) is 12.0. The molecular formula is C24H27F3N8O6. The molecule has 0 bridgehead atoms. The van der Waals surface area contributed by atoms with Crippen LogP contribution in [0.5, 0.6) is 0 Å². The van der Waals surface area contributed by atoms with Gasteiger partial charge in [-0.25, -0.2) is 9.59 Å². The number of pyridine rings is 1. The molecular weight excluding hydrogens is 553 g/mol. The number of likely N-dealkylation sites (N-methyl/N-ethyl adjacent to an activating group) is 1. The quantitative estimate of drug-likeness (QED) is 0.203. The van der Waals surface area contributed by atoms with E-state index in [1.807, 2.05) is 0 Å². The van der Waals surface area contributed by atoms with Crippen molar-refractivity contribution in [2.24, 2.45) is 0 Å². The summed E-state index contributed by atoms with van der Waals surface area (Å²) in [4.78, 5) is 47.8. The molecule has 3 aromatic rings. The van der Waals surface area contributed by atoms with Gasteiger partial charge in [0.2, 0.25) is 17.5 Å². The third-order valence-corrected chi connectivity index (χ3v) is 5.51. The highest BCUT2D eigenvalue weighted by atomic mass is 19.4. The second kappa shape index (κ2) is 11.7. The number of carbonyl (C=O) groups is 2. The summed E-state index contributed by atoms with van der Waals surface area (Å²) in [5.41, 5.74) is -2.62. The minimum Gasteiger partial charge on any atom is -0.476 e. The predicted molar refractivity (Wildman–Crippen MR) is 137 cm³/mol. The fourth-order valence-electron chi connectivity index (χ4n) is 3.45. The van der Waals surface area contributed by atoms with Gasteiger partial charge in [-0.3, -0.25) is 19.8 Å². The largest absolute Gasteiger partial charge is 0.476 e. The molecule has 1 atom stereocenters. The summed E-state index contributed by atoms with van der Waals surface area (Å²) in [7, 11) is 1.33. The second-order valence-electron chi connectivity index (χ2n) is 9.90. The molecule has 0 unspecified atom stereocenters. The van der Waals surface area contributed by atoms with Crippen LogP contribution in [-0.4, -0.2) is 65.4 Å². The van der Waals surface area contributed by atoms with Crippen molar-refractivity contribution in [3.63, 3.8) is 0 Å². The monoisotopic (exact) mass is 580 g/mol. The zero-order valence-corrected chi connectivity index (χ0v) is 22.6. The third kappa shape index (κ3) is 7.86. The van der Waals surface area contributed by atoms with Gasteiger partial charge in [0.1, 0.15) is 17.3 Å². The molecule has 0 radical (unpaired) electrons. The summed E-state index contributed by atoms with van der Waals surface area (Å²) in [5.74, 6) is -3.09. The maximum Gasteiger partial charge on any atom is 0.433 e. The zero-order valence-electron chi connectivity index (χ0n) is 22.6. The van der Waals surface area contributed by atoms with Crippen LogP contribution in [0.25, 0.3) is 0 Å². The number of nitrogens with zero attached hydrogens (tertiary/aromatic N) is 7. The topological polar surface area (TPSA) is 178 Å². The average molecular weight is 581 g/mol. The molecule has 3 rings (SSSR count). The van der Waals surface area contributed by atoms with E-state index in [9.17, 15) is 38.0 Å². The van der Waals surface area contributed by atoms with Crippen LogP contribution in [0.15, 0.2) is 30.7 Å². The summed E-state index contributed by atoms with van der Waals surface area (Å²) >= 11 is 0. The summed E-state index contributed by atoms with van der Waals surface area (Å²) in [5, 5.41) is 28.4. The van der Waals surface area contributed by atoms with Gasteiger partial charge in [-0.15, -0.1) is 0 Å². The van der Waals surface area contributed by atoms with Crippen LogP contribution < -0.4 is 10.2 Å². The maximum atomic E-state index is 12.7. The molecule has 0 aromatic carbocycles. The van der Waals surface area contributed by atoms with Crippen molar-refractivity contribution in [1.29, 1.82) is 0 Å². The molecule has 0 fully saturated rings. The lowest BCUT2D eigenvalue weighted by atomic mass is 10.2. The standard InChI is InChI=1S/C24H27F3N8O6/c1-13(21(38)41-23(2,3)4)33(5)19-18(35(39)40)17(20(36)37)31-22(32-19)29-9-15-10-30-34(12-15)11-14-6-7-16(28-8-14)24(25,26)27/h6-8,10,12-13H,9,11H2,1-5H3,(H,36,37)(H,29,31,32)/t13-/m0/s1. The second-order valence-corrected chi connectivity index (χ2v) is 9.90. The van der Waals surface area contributed by atoms with E-state index in [0.717, 1.165) is 17.2 Å². The highest BCUT2D eigenvalue weighted by Crippen LogP contribution is 2.32. The molecule has 0 aliphatic carbocycles. The molecule has 41 heavy (non-hydrogen) atoms. The van der Waals surface area contributed by atoms with Gasteiger partial charge < -0.3 is 20.1 Å². The number of anilines is 2. The predicted octanol–water partition coefficient (Wildman–Crippen LogP) is 3.52. The van der Waals surface area contributed by atoms with Gasteiger partial charge >= 0.3 is 23.8 Å². The number of aromatic nitrogens is 5. The van der Waals surface area contributed by atoms with E-state index in [0.29, 0.717) is 11.1 Å². The first-order chi connectivity index (χ1) is 19.0. The number of carbonyl (C=O) groups excluding carboxylic acids is 1. The first-order valence-electron chi connectivity index (χ1n) is 12.0. The number of esters is 1. The fraction of sp³-hybridized carbons (Fsp3) is 0.417. The number of nitrogens with one attached hydrogen (secondary N) is 1. The highest BCUT2D eigenvalue weighted by Gasteiger charge is 2.35. The Balaban J connectivity index is 1.82. The Morgan fingerprint density at radius 2 is 1.88 bits per heavy atom. The molecule has 3 aromatic heterocycles. The van der Waals surface area contributed by atoms with Crippen molar-refractivity contribution in [3.05, 3.63) is 63.4 Å². The third-order valence-electron chi connectivity index (χ3n) is 5.51. The van der Waals surface area contributed by atoms with Crippen molar-refractivity contribution in [2.45, 2.75) is 58.6 Å². The van der Waals surface area contributed by atoms with Crippen LogP contribution >= 0.6 is 0 Å². The number of carboxylic acids is 1. The maximum absolute atomic E-state index is 12.7. The van der Waals surface area contributed by atoms with Crippen LogP contribution in [0.4, 0.5) is 30.6 Å². The fourth-order valence-corrected chi connectivity index (χ4v) is 3.45. The molecule has 0 amide bonds. The van der Waals surface area contributed by atoms with Crippen molar-refractivity contribution in [3.8, 4) is 0 Å². The lowest BCUT2D eigenvalue weighted by molar-refractivity contribution is -0.384. The summed E-state index contributed by atoms with van der Waals surface area (Å²) in [6.07, 6.45) is -0.430. The number of aromatic carboxylic acids is 1. The Morgan fingerprint density at radius 1 is 1.20 bits per heavy atom. The van der Waals surface area contributed by atoms with Gasteiger partial charge in [-0.2, -0.15) is 28.2 Å². The molecule has 0 saturated carbocycles. The van der Waals surface area contributed by atoms with Crippen molar-refractivity contribution in [1.82, 2.24) is 24.7 Å². The summed E-state index contributed by atoms with van der Waals surface area (Å²) in [6.45, 7) is 6.51. The van der Waals surface area contributed by atoms with Crippen LogP contribution in [0.3, 0.4) is 0 Å². The van der Waals surface area contributed by atoms with Gasteiger partial charge in [-0.05, 0) is 39.3 Å². The molecule has 0 saturated heterocycles. The zero-order chi connectivity index (χ0) is 30.7. The normalized spacial score (nSPS) is 12.5.